The van der Waals surface area contributed by atoms with Gasteiger partial charge in [-0.05, 0) is 82.8 Å². The topological polar surface area (TPSA) is 267 Å². The summed E-state index contributed by atoms with van der Waals surface area (Å²) in [5.74, 6) is -5.49. The van der Waals surface area contributed by atoms with Crippen molar-refractivity contribution in [2.24, 2.45) is 17.6 Å². The van der Waals surface area contributed by atoms with Gasteiger partial charge in [-0.2, -0.15) is 0 Å². The zero-order chi connectivity index (χ0) is 51.5. The summed E-state index contributed by atoms with van der Waals surface area (Å²) >= 11 is 0. The molecule has 8 amide bonds. The van der Waals surface area contributed by atoms with Gasteiger partial charge in [0, 0.05) is 31.8 Å². The number of rotatable bonds is 26. The van der Waals surface area contributed by atoms with Crippen molar-refractivity contribution in [1.82, 2.24) is 42.1 Å². The Balaban J connectivity index is 1.86. The van der Waals surface area contributed by atoms with Gasteiger partial charge in [-0.25, -0.2) is 0 Å². The molecular weight excluding hydrogens is 883 g/mol. The molecule has 0 aromatic heterocycles. The van der Waals surface area contributed by atoms with Crippen LogP contribution in [0.25, 0.3) is 0 Å². The number of nitrogens with zero attached hydrogens (tertiary/aromatic N) is 1. The molecule has 3 rings (SSSR count). The Morgan fingerprint density at radius 2 is 1.14 bits per heavy atom. The first-order chi connectivity index (χ1) is 32.5. The second-order valence-electron chi connectivity index (χ2n) is 19.2. The minimum Gasteiger partial charge on any atom is -0.352 e. The quantitative estimate of drug-likeness (QED) is 0.0680. The number of ketones is 1. The molecule has 1 saturated heterocycles. The Bertz CT molecular complexity index is 2090. The molecule has 69 heavy (non-hydrogen) atoms. The van der Waals surface area contributed by atoms with Crippen molar-refractivity contribution < 1.29 is 43.2 Å². The Kier molecular flexibility index (Phi) is 23.0. The number of amides is 8. The number of hydrogen-bond acceptors (Lipinski definition) is 10. The van der Waals surface area contributed by atoms with E-state index in [1.807, 2.05) is 65.8 Å². The Labute approximate surface area is 407 Å². The molecule has 2 aromatic carbocycles. The Hall–Kier alpha value is -6.17. The molecule has 1 heterocycles. The number of nitrogens with one attached hydrogen (secondary N) is 7. The van der Waals surface area contributed by atoms with Crippen LogP contribution in [0.2, 0.25) is 0 Å². The van der Waals surface area contributed by atoms with Crippen molar-refractivity contribution in [3.05, 3.63) is 70.8 Å². The lowest BCUT2D eigenvalue weighted by atomic mass is 10.0. The standard InChI is InChI=1S/C51H77N9O9/c1-11-33(9)54-50(68)44(30(5)6)59-43(62)28-53-45(63)40(26-35-19-15-31(7)16-20-35)57-48(66)41(27-36-21-17-32(8)18-22-36)58-47(65)39(25-34(10)61)56-46(64)38(12-2)55-49(67)42-14-13-23-60(42)51(69)37(52)24-29(3)4/h15-22,29-30,33,37-42,44H,11-14,23-28,52H2,1-10H3,(H,53,63)(H,54,68)(H,55,67)(H,56,64)(H,57,66)(H,58,65)(H,59,62). The van der Waals surface area contributed by atoms with E-state index in [9.17, 15) is 43.2 Å². The Morgan fingerprint density at radius 3 is 1.64 bits per heavy atom. The third-order valence-electron chi connectivity index (χ3n) is 12.1. The summed E-state index contributed by atoms with van der Waals surface area (Å²) in [7, 11) is 0. The molecule has 0 saturated carbocycles. The van der Waals surface area contributed by atoms with Crippen molar-refractivity contribution in [3.63, 3.8) is 0 Å². The lowest BCUT2D eigenvalue weighted by Gasteiger charge is -2.29. The van der Waals surface area contributed by atoms with Crippen LogP contribution in [0, 0.1) is 25.7 Å². The van der Waals surface area contributed by atoms with E-state index in [-0.39, 0.29) is 49.0 Å². The number of likely N-dealkylation sites (tertiary alicyclic amines) is 1. The average molecular weight is 960 g/mol. The van der Waals surface area contributed by atoms with Gasteiger partial charge in [-0.15, -0.1) is 0 Å². The van der Waals surface area contributed by atoms with E-state index in [1.165, 1.54) is 11.8 Å². The fourth-order valence-electron chi connectivity index (χ4n) is 7.88. The summed E-state index contributed by atoms with van der Waals surface area (Å²) in [6.07, 6.45) is 1.70. The summed E-state index contributed by atoms with van der Waals surface area (Å²) < 4.78 is 0. The van der Waals surface area contributed by atoms with Crippen LogP contribution in [-0.2, 0) is 56.0 Å². The SMILES string of the molecule is CCC(C)NC(=O)C(NC(=O)CNC(=O)C(Cc1ccc(C)cc1)NC(=O)C(Cc1ccc(C)cc1)NC(=O)C(CC(C)=O)NC(=O)C(CC)NC(=O)C1CCCN1C(=O)C(N)CC(C)C)C(C)C. The van der Waals surface area contributed by atoms with Gasteiger partial charge < -0.3 is 47.9 Å². The fourth-order valence-corrected chi connectivity index (χ4v) is 7.88. The lowest BCUT2D eigenvalue weighted by molar-refractivity contribution is -0.140. The zero-order valence-electron chi connectivity index (χ0n) is 42.2. The maximum Gasteiger partial charge on any atom is 0.243 e. The van der Waals surface area contributed by atoms with E-state index in [1.54, 1.807) is 45.0 Å². The van der Waals surface area contributed by atoms with Gasteiger partial charge in [0.1, 0.15) is 42.0 Å². The molecule has 18 nitrogen and oxygen atoms in total. The molecule has 0 spiro atoms. The maximum atomic E-state index is 14.4. The van der Waals surface area contributed by atoms with Crippen LogP contribution in [-0.4, -0.2) is 119 Å². The van der Waals surface area contributed by atoms with Crippen molar-refractivity contribution in [2.45, 2.75) is 169 Å². The van der Waals surface area contributed by atoms with Crippen LogP contribution in [0.15, 0.2) is 48.5 Å². The van der Waals surface area contributed by atoms with Gasteiger partial charge in [-0.3, -0.25) is 43.2 Å². The van der Waals surface area contributed by atoms with Gasteiger partial charge in [0.25, 0.3) is 0 Å². The Morgan fingerprint density at radius 1 is 0.638 bits per heavy atom. The molecule has 2 aromatic rings. The highest BCUT2D eigenvalue weighted by molar-refractivity contribution is 5.99. The van der Waals surface area contributed by atoms with Crippen LogP contribution in [0.3, 0.4) is 0 Å². The van der Waals surface area contributed by atoms with Crippen LogP contribution >= 0.6 is 0 Å². The zero-order valence-corrected chi connectivity index (χ0v) is 42.2. The highest BCUT2D eigenvalue weighted by Crippen LogP contribution is 2.20. The third-order valence-corrected chi connectivity index (χ3v) is 12.1. The molecule has 9 N–H and O–H groups in total. The van der Waals surface area contributed by atoms with Gasteiger partial charge >= 0.3 is 0 Å². The molecule has 8 atom stereocenters. The summed E-state index contributed by atoms with van der Waals surface area (Å²) in [5.41, 5.74) is 9.43. The first-order valence-corrected chi connectivity index (χ1v) is 24.3. The number of carbonyl (C=O) groups excluding carboxylic acids is 9. The third kappa shape index (κ3) is 18.7. The molecule has 1 aliphatic rings. The lowest BCUT2D eigenvalue weighted by Crippen LogP contribution is -2.60. The normalized spacial score (nSPS) is 16.5. The summed E-state index contributed by atoms with van der Waals surface area (Å²) in [6, 6.07) is 6.75. The largest absolute Gasteiger partial charge is 0.352 e. The number of carbonyl (C=O) groups is 9. The second-order valence-corrected chi connectivity index (χ2v) is 19.2. The van der Waals surface area contributed by atoms with E-state index in [2.05, 4.69) is 37.2 Å². The predicted molar refractivity (Wildman–Crippen MR) is 263 cm³/mol. The molecule has 1 fully saturated rings. The molecule has 1 aliphatic heterocycles. The average Bonchev–Trinajstić information content (AvgIpc) is 3.79. The van der Waals surface area contributed by atoms with Crippen LogP contribution in [0.5, 0.6) is 0 Å². The fraction of sp³-hybridized carbons (Fsp3) is 0.588. The highest BCUT2D eigenvalue weighted by atomic mass is 16.2. The van der Waals surface area contributed by atoms with Crippen molar-refractivity contribution in [1.29, 1.82) is 0 Å². The highest BCUT2D eigenvalue weighted by Gasteiger charge is 2.38. The van der Waals surface area contributed by atoms with E-state index >= 15 is 0 Å². The molecule has 0 aliphatic carbocycles. The minimum absolute atomic E-state index is 0.00126. The molecule has 0 bridgehead atoms. The summed E-state index contributed by atoms with van der Waals surface area (Å²) in [4.78, 5) is 123. The first kappa shape index (κ1) is 57.1. The van der Waals surface area contributed by atoms with Gasteiger partial charge in [-0.1, -0.05) is 101 Å². The van der Waals surface area contributed by atoms with Crippen molar-refractivity contribution >= 4 is 53.0 Å². The number of Topliss-reactive ketones (excluding diaryl/α,β-unsaturated/α-hetero) is 1. The number of benzene rings is 2. The van der Waals surface area contributed by atoms with E-state index in [4.69, 9.17) is 5.73 Å². The van der Waals surface area contributed by atoms with E-state index in [0.29, 0.717) is 43.4 Å². The minimum atomic E-state index is -1.47. The van der Waals surface area contributed by atoms with Crippen LogP contribution in [0.1, 0.15) is 116 Å². The number of nitrogens with two attached hydrogens (primary N) is 1. The molecular formula is C51H77N9O9. The monoisotopic (exact) mass is 960 g/mol. The van der Waals surface area contributed by atoms with Gasteiger partial charge in [0.05, 0.1) is 12.6 Å². The van der Waals surface area contributed by atoms with Gasteiger partial charge in [0.15, 0.2) is 0 Å². The maximum absolute atomic E-state index is 14.4. The molecule has 8 unspecified atom stereocenters. The molecule has 380 valence electrons. The summed E-state index contributed by atoms with van der Waals surface area (Å²) in [6.45, 7) is 17.8. The molecule has 18 heteroatoms. The van der Waals surface area contributed by atoms with E-state index in [0.717, 1.165) is 11.1 Å². The predicted octanol–water partition coefficient (Wildman–Crippen LogP) is 1.95. The smallest absolute Gasteiger partial charge is 0.243 e. The first-order valence-electron chi connectivity index (χ1n) is 24.3. The van der Waals surface area contributed by atoms with E-state index < -0.39 is 96.5 Å². The number of hydrogen-bond donors (Lipinski definition) is 8. The van der Waals surface area contributed by atoms with Crippen LogP contribution < -0.4 is 43.0 Å². The second kappa shape index (κ2) is 27.7. The number of aryl methyl sites for hydroxylation is 2. The van der Waals surface area contributed by atoms with Crippen molar-refractivity contribution in [3.8, 4) is 0 Å². The van der Waals surface area contributed by atoms with Crippen LogP contribution in [0.4, 0.5) is 0 Å². The van der Waals surface area contributed by atoms with Gasteiger partial charge in [0.2, 0.25) is 47.3 Å². The van der Waals surface area contributed by atoms with Crippen molar-refractivity contribution in [2.75, 3.05) is 13.1 Å². The summed E-state index contributed by atoms with van der Waals surface area (Å²) in [5, 5.41) is 19.0. The molecule has 0 radical (unpaired) electrons.